The Morgan fingerprint density at radius 3 is 1.71 bits per heavy atom. The zero-order valence-electron chi connectivity index (χ0n) is 30.3. The lowest BCUT2D eigenvalue weighted by atomic mass is 10.2. The molecule has 6 aliphatic rings. The largest absolute Gasteiger partial charge is 0.379 e. The molecule has 4 amide bonds. The lowest BCUT2D eigenvalue weighted by Crippen LogP contribution is -2.48. The summed E-state index contributed by atoms with van der Waals surface area (Å²) in [4.78, 5) is 61.4. The van der Waals surface area contributed by atoms with Gasteiger partial charge in [-0.3, -0.25) is 30.4 Å². The molecular weight excluding hydrogens is 740 g/mol. The van der Waals surface area contributed by atoms with E-state index in [0.717, 1.165) is 95.6 Å². The predicted molar refractivity (Wildman–Crippen MR) is 215 cm³/mol. The average molecular weight is 787 g/mol. The van der Waals surface area contributed by atoms with Crippen LogP contribution in [0.1, 0.15) is 20.3 Å². The SMILES string of the molecule is C.C1COCCN1.O=C(Nc1cnccn1)N1c2nc(Cl)ccc2N2CC[C@H]1C2.O=C(Nc1cnccn1)N1c2nc(N3CCOCC3)ccc2N2CC[C@H]1C2. The van der Waals surface area contributed by atoms with Crippen LogP contribution in [0.4, 0.5) is 50.1 Å². The lowest BCUT2D eigenvalue weighted by Gasteiger charge is -2.37. The molecule has 0 saturated carbocycles. The van der Waals surface area contributed by atoms with Crippen molar-refractivity contribution in [3.8, 4) is 0 Å². The molecule has 6 aliphatic heterocycles. The number of rotatable bonds is 3. The van der Waals surface area contributed by atoms with E-state index in [1.54, 1.807) is 40.7 Å². The first-order valence-electron chi connectivity index (χ1n) is 18.5. The molecule has 4 aromatic heterocycles. The van der Waals surface area contributed by atoms with Crippen LogP contribution in [-0.2, 0) is 9.47 Å². The lowest BCUT2D eigenvalue weighted by molar-refractivity contribution is 0.109. The van der Waals surface area contributed by atoms with Crippen molar-refractivity contribution in [1.82, 2.24) is 35.2 Å². The predicted octanol–water partition coefficient (Wildman–Crippen LogP) is 3.74. The Labute approximate surface area is 330 Å². The third-order valence-electron chi connectivity index (χ3n) is 10.1. The first kappa shape index (κ1) is 38.8. The van der Waals surface area contributed by atoms with Crippen molar-refractivity contribution in [1.29, 1.82) is 0 Å². The maximum atomic E-state index is 13.1. The summed E-state index contributed by atoms with van der Waals surface area (Å²) in [6.45, 7) is 10.3. The van der Waals surface area contributed by atoms with Crippen molar-refractivity contribution < 1.29 is 19.1 Å². The van der Waals surface area contributed by atoms with Crippen LogP contribution in [0.3, 0.4) is 0 Å². The highest BCUT2D eigenvalue weighted by atomic mass is 35.5. The van der Waals surface area contributed by atoms with Gasteiger partial charge in [0.05, 0.1) is 62.3 Å². The first-order valence-corrected chi connectivity index (χ1v) is 18.9. The number of pyridine rings is 2. The van der Waals surface area contributed by atoms with Crippen molar-refractivity contribution >= 4 is 64.1 Å². The minimum absolute atomic E-state index is 0. The van der Waals surface area contributed by atoms with Crippen LogP contribution in [0.15, 0.2) is 61.4 Å². The molecule has 4 saturated heterocycles. The molecular formula is C37H47ClN14O4. The number of nitrogens with one attached hydrogen (secondary N) is 3. The molecule has 0 radical (unpaired) electrons. The highest BCUT2D eigenvalue weighted by Crippen LogP contribution is 2.41. The Kier molecular flexibility index (Phi) is 12.5. The molecule has 296 valence electrons. The van der Waals surface area contributed by atoms with E-state index in [0.29, 0.717) is 41.6 Å². The fraction of sp³-hybridized carbons (Fsp3) is 0.459. The molecule has 10 rings (SSSR count). The van der Waals surface area contributed by atoms with Crippen LogP contribution < -0.4 is 40.4 Å². The van der Waals surface area contributed by atoms with Crippen molar-refractivity contribution in [3.05, 3.63) is 66.6 Å². The van der Waals surface area contributed by atoms with Gasteiger partial charge in [0.25, 0.3) is 0 Å². The maximum absolute atomic E-state index is 13.1. The smallest absolute Gasteiger partial charge is 0.329 e. The summed E-state index contributed by atoms with van der Waals surface area (Å²) in [7, 11) is 0. The molecule has 0 spiro atoms. The number of ether oxygens (including phenoxy) is 2. The number of anilines is 7. The van der Waals surface area contributed by atoms with Crippen LogP contribution in [0.2, 0.25) is 5.15 Å². The van der Waals surface area contributed by atoms with E-state index in [2.05, 4.69) is 61.6 Å². The molecule has 0 unspecified atom stereocenters. The Morgan fingerprint density at radius 1 is 0.679 bits per heavy atom. The Morgan fingerprint density at radius 2 is 1.21 bits per heavy atom. The topological polar surface area (TPSA) is 182 Å². The monoisotopic (exact) mass is 786 g/mol. The van der Waals surface area contributed by atoms with Gasteiger partial charge in [-0.05, 0) is 37.1 Å². The van der Waals surface area contributed by atoms with Gasteiger partial charge in [-0.15, -0.1) is 0 Å². The fourth-order valence-corrected chi connectivity index (χ4v) is 7.60. The van der Waals surface area contributed by atoms with Gasteiger partial charge >= 0.3 is 12.1 Å². The molecule has 2 atom stereocenters. The molecule has 18 nitrogen and oxygen atoms in total. The van der Waals surface area contributed by atoms with E-state index >= 15 is 0 Å². The average Bonchev–Trinajstić information content (AvgIpc) is 3.85. The number of nitrogens with zero attached hydrogens (tertiary/aromatic N) is 11. The Balaban J connectivity index is 0.000000149. The van der Waals surface area contributed by atoms with Crippen molar-refractivity contribution in [2.24, 2.45) is 0 Å². The van der Waals surface area contributed by atoms with Gasteiger partial charge in [0, 0.05) is 77.1 Å². The third kappa shape index (κ3) is 8.67. The molecule has 0 aliphatic carbocycles. The molecule has 4 fully saturated rings. The summed E-state index contributed by atoms with van der Waals surface area (Å²) in [5.74, 6) is 3.05. The minimum Gasteiger partial charge on any atom is -0.379 e. The summed E-state index contributed by atoms with van der Waals surface area (Å²) < 4.78 is 10.4. The second kappa shape index (κ2) is 18.0. The molecule has 0 aromatic carbocycles. The quantitative estimate of drug-likeness (QED) is 0.256. The summed E-state index contributed by atoms with van der Waals surface area (Å²) in [5.41, 5.74) is 1.95. The summed E-state index contributed by atoms with van der Waals surface area (Å²) in [6.07, 6.45) is 11.1. The normalized spacial score (nSPS) is 20.3. The highest BCUT2D eigenvalue weighted by Gasteiger charge is 2.42. The second-order valence-corrected chi connectivity index (χ2v) is 13.9. The first-order chi connectivity index (χ1) is 27.0. The summed E-state index contributed by atoms with van der Waals surface area (Å²) in [6, 6.07) is 7.51. The number of amides is 4. The van der Waals surface area contributed by atoms with E-state index in [9.17, 15) is 9.59 Å². The number of carbonyl (C=O) groups is 2. The van der Waals surface area contributed by atoms with Crippen molar-refractivity contribution in [3.63, 3.8) is 0 Å². The number of hydrogen-bond donors (Lipinski definition) is 3. The van der Waals surface area contributed by atoms with Gasteiger partial charge in [0.15, 0.2) is 23.3 Å². The van der Waals surface area contributed by atoms with E-state index in [1.807, 2.05) is 12.1 Å². The van der Waals surface area contributed by atoms with Gasteiger partial charge in [0.1, 0.15) is 11.0 Å². The number of fused-ring (bicyclic) bond motifs is 8. The van der Waals surface area contributed by atoms with Gasteiger partial charge in [-0.1, -0.05) is 19.0 Å². The number of aromatic nitrogens is 6. The standard InChI is InChI=1S/C18H21N7O2.C14H13ClN6O.C4H9NO.CH4/c26-18(21-15-11-19-4-5-20-15)25-13-3-6-24(12-13)14-1-2-16(22-17(14)25)23-7-9-27-10-8-23;15-11-2-1-10-13(18-11)21(9-3-6-20(10)8-9)14(22)19-12-7-16-4-5-17-12;1-3-6-4-2-5-1;/h1-2,4-5,11,13H,3,6-10,12H2,(H,20,21,26);1-2,4-5,7,9H,3,6,8H2,(H,17,19,22);5H,1-4H2;1H4/t13-;9-;;/m00../s1. The molecule has 4 aromatic rings. The zero-order valence-corrected chi connectivity index (χ0v) is 31.0. The van der Waals surface area contributed by atoms with Gasteiger partial charge in [-0.2, -0.15) is 0 Å². The Hall–Kier alpha value is -5.43. The molecule has 4 bridgehead atoms. The van der Waals surface area contributed by atoms with Crippen LogP contribution in [0.25, 0.3) is 0 Å². The molecule has 3 N–H and O–H groups in total. The van der Waals surface area contributed by atoms with Gasteiger partial charge in [-0.25, -0.2) is 29.5 Å². The molecule has 56 heavy (non-hydrogen) atoms. The van der Waals surface area contributed by atoms with Crippen LogP contribution in [0, 0.1) is 0 Å². The molecule has 10 heterocycles. The third-order valence-corrected chi connectivity index (χ3v) is 10.3. The van der Waals surface area contributed by atoms with E-state index < -0.39 is 0 Å². The van der Waals surface area contributed by atoms with E-state index in [1.165, 1.54) is 12.4 Å². The number of morpholine rings is 2. The van der Waals surface area contributed by atoms with Crippen molar-refractivity contribution in [2.75, 3.05) is 114 Å². The van der Waals surface area contributed by atoms with Gasteiger partial charge < -0.3 is 29.5 Å². The molecule has 19 heteroatoms. The van der Waals surface area contributed by atoms with Gasteiger partial charge in [0.2, 0.25) is 0 Å². The van der Waals surface area contributed by atoms with Crippen LogP contribution in [-0.4, -0.2) is 133 Å². The summed E-state index contributed by atoms with van der Waals surface area (Å²) in [5, 5.41) is 9.16. The second-order valence-electron chi connectivity index (χ2n) is 13.5. The van der Waals surface area contributed by atoms with Crippen LogP contribution in [0.5, 0.6) is 0 Å². The number of hydrogen-bond acceptors (Lipinski definition) is 14. The number of carbonyl (C=O) groups excluding carboxylic acids is 2. The van der Waals surface area contributed by atoms with E-state index in [-0.39, 0.29) is 31.6 Å². The fourth-order valence-electron chi connectivity index (χ4n) is 7.46. The minimum atomic E-state index is -0.261. The highest BCUT2D eigenvalue weighted by molar-refractivity contribution is 6.29. The summed E-state index contributed by atoms with van der Waals surface area (Å²) >= 11 is 6.01. The number of halogens is 1. The zero-order chi connectivity index (χ0) is 37.6. The van der Waals surface area contributed by atoms with Crippen LogP contribution >= 0.6 is 11.6 Å². The number of urea groups is 2. The maximum Gasteiger partial charge on any atom is 0.329 e. The Bertz CT molecular complexity index is 1930. The van der Waals surface area contributed by atoms with E-state index in [4.69, 9.17) is 26.1 Å². The van der Waals surface area contributed by atoms with Crippen molar-refractivity contribution in [2.45, 2.75) is 32.4 Å².